The van der Waals surface area contributed by atoms with E-state index in [1.165, 1.54) is 51.8 Å². The zero-order valence-electron chi connectivity index (χ0n) is 12.6. The highest BCUT2D eigenvalue weighted by molar-refractivity contribution is 9.10. The van der Waals surface area contributed by atoms with Gasteiger partial charge in [0.1, 0.15) is 0 Å². The molecule has 0 aliphatic carbocycles. The summed E-state index contributed by atoms with van der Waals surface area (Å²) in [5.41, 5.74) is 1.35. The second-order valence-electron chi connectivity index (χ2n) is 5.99. The lowest BCUT2D eigenvalue weighted by Gasteiger charge is -2.06. The van der Waals surface area contributed by atoms with E-state index in [1.807, 2.05) is 11.3 Å². The standard InChI is InChI=1S/C21H13BrS/c1-12-10-18-20(15-8-4-2-6-13(12)15)21-16-9-5-3-7-14(16)17(22)11-19(21)23-18/h2-11H,1H3. The van der Waals surface area contributed by atoms with Crippen molar-refractivity contribution in [2.75, 3.05) is 0 Å². The number of thiophene rings is 1. The van der Waals surface area contributed by atoms with Crippen LogP contribution in [0.3, 0.4) is 0 Å². The molecule has 1 heterocycles. The van der Waals surface area contributed by atoms with Crippen molar-refractivity contribution < 1.29 is 0 Å². The van der Waals surface area contributed by atoms with Crippen LogP contribution in [0.25, 0.3) is 41.7 Å². The molecule has 0 aliphatic rings. The zero-order valence-corrected chi connectivity index (χ0v) is 15.0. The molecule has 2 heteroatoms. The summed E-state index contributed by atoms with van der Waals surface area (Å²) in [5, 5.41) is 8.12. The van der Waals surface area contributed by atoms with Gasteiger partial charge in [0.15, 0.2) is 0 Å². The maximum absolute atomic E-state index is 3.75. The van der Waals surface area contributed by atoms with Gasteiger partial charge in [-0.05, 0) is 46.2 Å². The summed E-state index contributed by atoms with van der Waals surface area (Å²) in [4.78, 5) is 0. The molecule has 0 amide bonds. The summed E-state index contributed by atoms with van der Waals surface area (Å²) >= 11 is 5.64. The molecule has 23 heavy (non-hydrogen) atoms. The van der Waals surface area contributed by atoms with E-state index >= 15 is 0 Å². The van der Waals surface area contributed by atoms with Crippen molar-refractivity contribution in [3.05, 3.63) is 70.7 Å². The first-order chi connectivity index (χ1) is 11.2. The SMILES string of the molecule is Cc1cc2sc3cc(Br)c4ccccc4c3c2c2ccccc12. The van der Waals surface area contributed by atoms with Crippen LogP contribution in [0.1, 0.15) is 5.56 Å². The minimum absolute atomic E-state index is 1.17. The van der Waals surface area contributed by atoms with Crippen molar-refractivity contribution in [3.63, 3.8) is 0 Å². The van der Waals surface area contributed by atoms with Crippen LogP contribution in [0, 0.1) is 6.92 Å². The molecule has 0 radical (unpaired) electrons. The number of aryl methyl sites for hydroxylation is 1. The molecular formula is C21H13BrS. The molecular weight excluding hydrogens is 364 g/mol. The summed E-state index contributed by atoms with van der Waals surface area (Å²) in [6.07, 6.45) is 0. The van der Waals surface area contributed by atoms with Crippen molar-refractivity contribution in [2.24, 2.45) is 0 Å². The summed E-state index contributed by atoms with van der Waals surface area (Å²) < 4.78 is 3.90. The van der Waals surface area contributed by atoms with E-state index in [1.54, 1.807) is 0 Å². The second-order valence-corrected chi connectivity index (χ2v) is 7.93. The number of halogens is 1. The average molecular weight is 377 g/mol. The van der Waals surface area contributed by atoms with Crippen molar-refractivity contribution in [1.29, 1.82) is 0 Å². The van der Waals surface area contributed by atoms with Gasteiger partial charge in [-0.25, -0.2) is 0 Å². The monoisotopic (exact) mass is 376 g/mol. The van der Waals surface area contributed by atoms with Gasteiger partial charge in [0.25, 0.3) is 0 Å². The average Bonchev–Trinajstić information content (AvgIpc) is 2.93. The van der Waals surface area contributed by atoms with Gasteiger partial charge in [-0.15, -0.1) is 11.3 Å². The first-order valence-electron chi connectivity index (χ1n) is 7.66. The van der Waals surface area contributed by atoms with Crippen LogP contribution in [0.15, 0.2) is 65.1 Å². The van der Waals surface area contributed by atoms with E-state index in [9.17, 15) is 0 Å². The van der Waals surface area contributed by atoms with E-state index in [-0.39, 0.29) is 0 Å². The van der Waals surface area contributed by atoms with Crippen LogP contribution in [0.4, 0.5) is 0 Å². The maximum Gasteiger partial charge on any atom is 0.0373 e. The molecule has 0 unspecified atom stereocenters. The molecule has 0 N–H and O–H groups in total. The van der Waals surface area contributed by atoms with Gasteiger partial charge in [-0.1, -0.05) is 64.5 Å². The molecule has 4 aromatic carbocycles. The van der Waals surface area contributed by atoms with Crippen LogP contribution in [-0.4, -0.2) is 0 Å². The van der Waals surface area contributed by atoms with Crippen molar-refractivity contribution in [2.45, 2.75) is 6.92 Å². The molecule has 0 saturated carbocycles. The molecule has 5 rings (SSSR count). The van der Waals surface area contributed by atoms with Crippen molar-refractivity contribution >= 4 is 69.0 Å². The molecule has 110 valence electrons. The predicted molar refractivity (Wildman–Crippen MR) is 107 cm³/mol. The summed E-state index contributed by atoms with van der Waals surface area (Å²) in [6.45, 7) is 2.21. The normalized spacial score (nSPS) is 11.9. The minimum atomic E-state index is 1.17. The number of hydrogen-bond donors (Lipinski definition) is 0. The number of fused-ring (bicyclic) bond motifs is 7. The van der Waals surface area contributed by atoms with E-state index in [0.717, 1.165) is 0 Å². The number of benzene rings is 4. The largest absolute Gasteiger partial charge is 0.135 e. The molecule has 0 nitrogen and oxygen atoms in total. The van der Waals surface area contributed by atoms with Gasteiger partial charge in [-0.3, -0.25) is 0 Å². The van der Waals surface area contributed by atoms with Gasteiger partial charge in [0.05, 0.1) is 0 Å². The third-order valence-electron chi connectivity index (χ3n) is 4.64. The lowest BCUT2D eigenvalue weighted by molar-refractivity contribution is 1.57. The quantitative estimate of drug-likeness (QED) is 0.263. The lowest BCUT2D eigenvalue weighted by Crippen LogP contribution is -1.80. The summed E-state index contributed by atoms with van der Waals surface area (Å²) in [5.74, 6) is 0. The molecule has 0 atom stereocenters. The van der Waals surface area contributed by atoms with Gasteiger partial charge in [0, 0.05) is 24.6 Å². The smallest absolute Gasteiger partial charge is 0.0373 e. The fourth-order valence-corrected chi connectivity index (χ4v) is 5.63. The Hall–Kier alpha value is -1.90. The van der Waals surface area contributed by atoms with E-state index in [4.69, 9.17) is 0 Å². The summed E-state index contributed by atoms with van der Waals surface area (Å²) in [6, 6.07) is 22.0. The highest BCUT2D eigenvalue weighted by Gasteiger charge is 2.14. The molecule has 0 bridgehead atoms. The Morgan fingerprint density at radius 1 is 0.696 bits per heavy atom. The van der Waals surface area contributed by atoms with Crippen molar-refractivity contribution in [1.82, 2.24) is 0 Å². The Kier molecular flexibility index (Phi) is 2.82. The van der Waals surface area contributed by atoms with Crippen LogP contribution in [0.2, 0.25) is 0 Å². The van der Waals surface area contributed by atoms with Gasteiger partial charge in [-0.2, -0.15) is 0 Å². The lowest BCUT2D eigenvalue weighted by atomic mass is 9.97. The van der Waals surface area contributed by atoms with Crippen molar-refractivity contribution in [3.8, 4) is 0 Å². The maximum atomic E-state index is 3.75. The topological polar surface area (TPSA) is 0 Å². The van der Waals surface area contributed by atoms with Crippen LogP contribution < -0.4 is 0 Å². The highest BCUT2D eigenvalue weighted by atomic mass is 79.9. The van der Waals surface area contributed by atoms with Crippen LogP contribution >= 0.6 is 27.3 Å². The Labute approximate surface area is 146 Å². The molecule has 1 aromatic heterocycles. The molecule has 0 aliphatic heterocycles. The zero-order chi connectivity index (χ0) is 15.6. The summed E-state index contributed by atoms with van der Waals surface area (Å²) in [7, 11) is 0. The minimum Gasteiger partial charge on any atom is -0.135 e. The van der Waals surface area contributed by atoms with Gasteiger partial charge in [0.2, 0.25) is 0 Å². The molecule has 0 saturated heterocycles. The molecule has 0 fully saturated rings. The Bertz CT molecular complexity index is 1130. The van der Waals surface area contributed by atoms with E-state index < -0.39 is 0 Å². The molecule has 5 aromatic rings. The number of rotatable bonds is 0. The Balaban J connectivity index is 2.18. The first kappa shape index (κ1) is 13.5. The Morgan fingerprint density at radius 2 is 1.22 bits per heavy atom. The van der Waals surface area contributed by atoms with Crippen LogP contribution in [0.5, 0.6) is 0 Å². The fraction of sp³-hybridized carbons (Fsp3) is 0.0476. The highest BCUT2D eigenvalue weighted by Crippen LogP contribution is 2.44. The second kappa shape index (κ2) is 4.80. The van der Waals surface area contributed by atoms with Crippen LogP contribution in [-0.2, 0) is 0 Å². The predicted octanol–water partition coefficient (Wildman–Crippen LogP) is 7.43. The number of hydrogen-bond acceptors (Lipinski definition) is 1. The molecule has 0 spiro atoms. The third-order valence-corrected chi connectivity index (χ3v) is 6.38. The fourth-order valence-electron chi connectivity index (χ4n) is 3.63. The van der Waals surface area contributed by atoms with Gasteiger partial charge < -0.3 is 0 Å². The van der Waals surface area contributed by atoms with Gasteiger partial charge >= 0.3 is 0 Å². The third kappa shape index (κ3) is 1.82. The Morgan fingerprint density at radius 3 is 1.91 bits per heavy atom. The first-order valence-corrected chi connectivity index (χ1v) is 9.27. The van der Waals surface area contributed by atoms with E-state index in [2.05, 4.69) is 83.5 Å². The van der Waals surface area contributed by atoms with E-state index in [0.29, 0.717) is 0 Å².